The van der Waals surface area contributed by atoms with Gasteiger partial charge in [-0.1, -0.05) is 6.07 Å². The molecule has 0 N–H and O–H groups in total. The summed E-state index contributed by atoms with van der Waals surface area (Å²) >= 11 is 0. The molecule has 3 aromatic heterocycles. The summed E-state index contributed by atoms with van der Waals surface area (Å²) < 4.78 is 2.01. The van der Waals surface area contributed by atoms with Crippen molar-refractivity contribution in [2.24, 2.45) is 0 Å². The van der Waals surface area contributed by atoms with Crippen LogP contribution in [0.3, 0.4) is 0 Å². The van der Waals surface area contributed by atoms with E-state index in [2.05, 4.69) is 26.9 Å². The zero-order valence-electron chi connectivity index (χ0n) is 14.3. The maximum absolute atomic E-state index is 9.55. The van der Waals surface area contributed by atoms with Crippen molar-refractivity contribution in [2.75, 3.05) is 31.1 Å². The molecule has 6 heteroatoms. The van der Waals surface area contributed by atoms with Gasteiger partial charge >= 0.3 is 0 Å². The van der Waals surface area contributed by atoms with Crippen molar-refractivity contribution in [1.82, 2.24) is 14.3 Å². The second-order valence-corrected chi connectivity index (χ2v) is 6.38. The van der Waals surface area contributed by atoms with E-state index in [4.69, 9.17) is 0 Å². The molecule has 4 rings (SSSR count). The summed E-state index contributed by atoms with van der Waals surface area (Å²) in [5.74, 6) is 0.766. The lowest BCUT2D eigenvalue weighted by Gasteiger charge is -2.35. The minimum absolute atomic E-state index is 0.617. The Balaban J connectivity index is 1.48. The van der Waals surface area contributed by atoms with Crippen LogP contribution in [0.25, 0.3) is 5.52 Å². The Kier molecular flexibility index (Phi) is 4.27. The molecule has 6 nitrogen and oxygen atoms in total. The molecule has 0 amide bonds. The first-order chi connectivity index (χ1) is 12.8. The average Bonchev–Trinajstić information content (AvgIpc) is 3.05. The lowest BCUT2D eigenvalue weighted by atomic mass is 10.1. The summed E-state index contributed by atoms with van der Waals surface area (Å²) in [6, 6.07) is 14.1. The molecule has 1 aliphatic heterocycles. The van der Waals surface area contributed by atoms with E-state index in [1.807, 2.05) is 35.0 Å². The van der Waals surface area contributed by atoms with Crippen LogP contribution in [0, 0.1) is 22.7 Å². The van der Waals surface area contributed by atoms with Crippen molar-refractivity contribution in [3.63, 3.8) is 0 Å². The number of nitrogens with zero attached hydrogens (tertiary/aromatic N) is 6. The van der Waals surface area contributed by atoms with Gasteiger partial charge in [-0.3, -0.25) is 4.90 Å². The van der Waals surface area contributed by atoms with Gasteiger partial charge in [-0.15, -0.1) is 0 Å². The van der Waals surface area contributed by atoms with E-state index in [1.165, 1.54) is 0 Å². The molecule has 0 bridgehead atoms. The van der Waals surface area contributed by atoms with Gasteiger partial charge in [-0.2, -0.15) is 10.5 Å². The number of rotatable bonds is 3. The molecular weight excluding hydrogens is 324 g/mol. The lowest BCUT2D eigenvalue weighted by molar-refractivity contribution is 0.249. The van der Waals surface area contributed by atoms with Gasteiger partial charge in [0.05, 0.1) is 16.6 Å². The normalized spacial score (nSPS) is 14.9. The molecule has 0 saturated carbocycles. The second kappa shape index (κ2) is 6.87. The van der Waals surface area contributed by atoms with Crippen LogP contribution < -0.4 is 4.90 Å². The fourth-order valence-corrected chi connectivity index (χ4v) is 3.52. The molecule has 26 heavy (non-hydrogen) atoms. The van der Waals surface area contributed by atoms with Gasteiger partial charge in [0.25, 0.3) is 0 Å². The van der Waals surface area contributed by atoms with Crippen molar-refractivity contribution >= 4 is 11.3 Å². The molecular formula is C20H18N6. The highest BCUT2D eigenvalue weighted by Gasteiger charge is 2.21. The molecule has 4 heterocycles. The first-order valence-corrected chi connectivity index (χ1v) is 8.61. The molecule has 0 aromatic carbocycles. The highest BCUT2D eigenvalue weighted by Crippen LogP contribution is 2.22. The van der Waals surface area contributed by atoms with E-state index in [0.717, 1.165) is 55.2 Å². The summed E-state index contributed by atoms with van der Waals surface area (Å²) in [7, 11) is 0. The van der Waals surface area contributed by atoms with Gasteiger partial charge < -0.3 is 9.30 Å². The van der Waals surface area contributed by atoms with Gasteiger partial charge in [0.15, 0.2) is 0 Å². The first-order valence-electron chi connectivity index (χ1n) is 8.61. The van der Waals surface area contributed by atoms with Gasteiger partial charge in [0.2, 0.25) is 0 Å². The SMILES string of the molecule is N#Cc1cccnc1N1CCN(Cc2cn3ccccc3c2C#N)CC1. The fraction of sp³-hybridized carbons (Fsp3) is 0.250. The van der Waals surface area contributed by atoms with Crippen LogP contribution in [-0.4, -0.2) is 40.5 Å². The van der Waals surface area contributed by atoms with Crippen LogP contribution >= 0.6 is 0 Å². The zero-order chi connectivity index (χ0) is 17.9. The molecule has 0 aliphatic carbocycles. The number of hydrogen-bond donors (Lipinski definition) is 0. The summed E-state index contributed by atoms with van der Waals surface area (Å²) in [5.41, 5.74) is 3.38. The van der Waals surface area contributed by atoms with Crippen molar-refractivity contribution < 1.29 is 0 Å². The van der Waals surface area contributed by atoms with Crippen LogP contribution in [-0.2, 0) is 6.54 Å². The lowest BCUT2D eigenvalue weighted by Crippen LogP contribution is -2.46. The third-order valence-electron chi connectivity index (χ3n) is 4.85. The molecule has 1 aliphatic rings. The number of fused-ring (bicyclic) bond motifs is 1. The molecule has 0 radical (unpaired) electrons. The van der Waals surface area contributed by atoms with Crippen LogP contribution in [0.4, 0.5) is 5.82 Å². The smallest absolute Gasteiger partial charge is 0.146 e. The van der Waals surface area contributed by atoms with Crippen LogP contribution in [0.15, 0.2) is 48.9 Å². The molecule has 0 spiro atoms. The predicted octanol–water partition coefficient (Wildman–Crippen LogP) is 2.40. The third kappa shape index (κ3) is 2.88. The highest BCUT2D eigenvalue weighted by atomic mass is 15.3. The zero-order valence-corrected chi connectivity index (χ0v) is 14.3. The van der Waals surface area contributed by atoms with Gasteiger partial charge in [0, 0.05) is 56.9 Å². The minimum atomic E-state index is 0.617. The number of nitriles is 2. The van der Waals surface area contributed by atoms with E-state index in [0.29, 0.717) is 5.56 Å². The number of aromatic nitrogens is 2. The number of piperazine rings is 1. The average molecular weight is 342 g/mol. The third-order valence-corrected chi connectivity index (χ3v) is 4.85. The first kappa shape index (κ1) is 16.1. The maximum atomic E-state index is 9.55. The molecule has 1 fully saturated rings. The Labute approximate surface area is 152 Å². The second-order valence-electron chi connectivity index (χ2n) is 6.38. The number of anilines is 1. The molecule has 1 saturated heterocycles. The standard InChI is InChI=1S/C20H18N6/c21-12-16-4-3-6-23-20(16)25-10-8-24(9-11-25)14-17-15-26-7-2-1-5-19(26)18(17)13-22/h1-7,15H,8-11,14H2. The topological polar surface area (TPSA) is 71.4 Å². The minimum Gasteiger partial charge on any atom is -0.353 e. The largest absolute Gasteiger partial charge is 0.353 e. The molecule has 3 aromatic rings. The monoisotopic (exact) mass is 342 g/mol. The van der Waals surface area contributed by atoms with Crippen molar-refractivity contribution in [3.8, 4) is 12.1 Å². The highest BCUT2D eigenvalue weighted by molar-refractivity contribution is 5.65. The summed E-state index contributed by atoms with van der Waals surface area (Å²) in [6.45, 7) is 4.14. The Morgan fingerprint density at radius 2 is 1.85 bits per heavy atom. The summed E-state index contributed by atoms with van der Waals surface area (Å²) in [6.07, 6.45) is 5.75. The van der Waals surface area contributed by atoms with Gasteiger partial charge in [0.1, 0.15) is 18.0 Å². The predicted molar refractivity (Wildman–Crippen MR) is 98.6 cm³/mol. The van der Waals surface area contributed by atoms with E-state index in [1.54, 1.807) is 18.3 Å². The van der Waals surface area contributed by atoms with Gasteiger partial charge in [-0.25, -0.2) is 4.98 Å². The quantitative estimate of drug-likeness (QED) is 0.731. The van der Waals surface area contributed by atoms with E-state index < -0.39 is 0 Å². The molecule has 0 atom stereocenters. The van der Waals surface area contributed by atoms with Crippen molar-refractivity contribution in [2.45, 2.75) is 6.54 Å². The van der Waals surface area contributed by atoms with Crippen LogP contribution in [0.1, 0.15) is 16.7 Å². The molecule has 0 unspecified atom stereocenters. The van der Waals surface area contributed by atoms with E-state index >= 15 is 0 Å². The Hall–Kier alpha value is -3.35. The Morgan fingerprint density at radius 3 is 2.62 bits per heavy atom. The fourth-order valence-electron chi connectivity index (χ4n) is 3.52. The van der Waals surface area contributed by atoms with E-state index in [9.17, 15) is 10.5 Å². The number of pyridine rings is 2. The van der Waals surface area contributed by atoms with Crippen LogP contribution in [0.2, 0.25) is 0 Å². The van der Waals surface area contributed by atoms with Crippen molar-refractivity contribution in [1.29, 1.82) is 10.5 Å². The maximum Gasteiger partial charge on any atom is 0.146 e. The van der Waals surface area contributed by atoms with E-state index in [-0.39, 0.29) is 0 Å². The molecule has 128 valence electrons. The Bertz CT molecular complexity index is 1010. The van der Waals surface area contributed by atoms with Crippen molar-refractivity contribution in [3.05, 3.63) is 65.6 Å². The number of hydrogen-bond acceptors (Lipinski definition) is 5. The summed E-state index contributed by atoms with van der Waals surface area (Å²) in [5, 5.41) is 18.8. The van der Waals surface area contributed by atoms with Gasteiger partial charge in [-0.05, 0) is 24.3 Å². The summed E-state index contributed by atoms with van der Waals surface area (Å²) in [4.78, 5) is 8.89. The Morgan fingerprint density at radius 1 is 1.00 bits per heavy atom. The van der Waals surface area contributed by atoms with Crippen LogP contribution in [0.5, 0.6) is 0 Å².